The summed E-state index contributed by atoms with van der Waals surface area (Å²) in [6, 6.07) is 8.74. The van der Waals surface area contributed by atoms with Gasteiger partial charge >= 0.3 is 12.1 Å². The Morgan fingerprint density at radius 3 is 2.71 bits per heavy atom. The van der Waals surface area contributed by atoms with Gasteiger partial charge < -0.3 is 9.94 Å². The summed E-state index contributed by atoms with van der Waals surface area (Å²) in [7, 11) is 0. The summed E-state index contributed by atoms with van der Waals surface area (Å²) in [5.41, 5.74) is 1.82. The third kappa shape index (κ3) is 4.46. The summed E-state index contributed by atoms with van der Waals surface area (Å²) in [4.78, 5) is 17.0. The molecule has 0 radical (unpaired) electrons. The average Bonchev–Trinajstić information content (AvgIpc) is 3.14. The van der Waals surface area contributed by atoms with Crippen molar-refractivity contribution in [3.8, 4) is 11.1 Å². The fourth-order valence-electron chi connectivity index (χ4n) is 6.31. The molecular weight excluding hydrogens is 457 g/mol. The van der Waals surface area contributed by atoms with Gasteiger partial charge in [0.15, 0.2) is 0 Å². The van der Waals surface area contributed by atoms with Gasteiger partial charge in [0.2, 0.25) is 0 Å². The van der Waals surface area contributed by atoms with E-state index in [1.165, 1.54) is 6.07 Å². The van der Waals surface area contributed by atoms with Gasteiger partial charge in [0, 0.05) is 23.6 Å². The number of cyclic esters (lactones) is 1. The Kier molecular flexibility index (Phi) is 6.15. The highest BCUT2D eigenvalue weighted by molar-refractivity contribution is 5.88. The molecule has 0 unspecified atom stereocenters. The van der Waals surface area contributed by atoms with Gasteiger partial charge in [-0.2, -0.15) is 13.2 Å². The molecule has 0 bridgehead atoms. The Morgan fingerprint density at radius 2 is 2.00 bits per heavy atom. The molecule has 2 aromatic rings. The lowest BCUT2D eigenvalue weighted by molar-refractivity contribution is -0.144. The molecule has 3 fully saturated rings. The minimum Gasteiger partial charge on any atom is -0.462 e. The smallest absolute Gasteiger partial charge is 0.416 e. The van der Waals surface area contributed by atoms with Crippen molar-refractivity contribution in [1.29, 1.82) is 0 Å². The summed E-state index contributed by atoms with van der Waals surface area (Å²) in [6.45, 7) is 1.94. The first-order chi connectivity index (χ1) is 16.8. The Labute approximate surface area is 201 Å². The Hall–Kier alpha value is -3.16. The summed E-state index contributed by atoms with van der Waals surface area (Å²) in [5, 5.41) is 13.1. The van der Waals surface area contributed by atoms with E-state index in [1.54, 1.807) is 24.4 Å². The first-order valence-electron chi connectivity index (χ1n) is 12.0. The van der Waals surface area contributed by atoms with Crippen molar-refractivity contribution < 1.29 is 27.9 Å². The van der Waals surface area contributed by atoms with Crippen LogP contribution in [0.3, 0.4) is 0 Å². The number of oxime groups is 1. The van der Waals surface area contributed by atoms with Crippen LogP contribution in [0.1, 0.15) is 43.9 Å². The average molecular weight is 485 g/mol. The number of aromatic nitrogens is 1. The molecule has 35 heavy (non-hydrogen) atoms. The number of carbonyl (C=O) groups excluding carboxylic acids is 1. The molecule has 0 amide bonds. The van der Waals surface area contributed by atoms with Crippen LogP contribution < -0.4 is 0 Å². The second-order valence-electron chi connectivity index (χ2n) is 9.80. The number of hydrogen-bond acceptors (Lipinski definition) is 5. The normalized spacial score (nSPS) is 31.9. The maximum absolute atomic E-state index is 13.1. The zero-order valence-corrected chi connectivity index (χ0v) is 19.3. The molecule has 1 aromatic heterocycles. The number of ether oxygens (including phenoxy) is 1. The fourth-order valence-corrected chi connectivity index (χ4v) is 6.31. The number of nitrogens with zero attached hydrogens (tertiary/aromatic N) is 2. The van der Waals surface area contributed by atoms with Crippen molar-refractivity contribution >= 4 is 17.8 Å². The van der Waals surface area contributed by atoms with Gasteiger partial charge in [-0.1, -0.05) is 29.4 Å². The van der Waals surface area contributed by atoms with E-state index in [9.17, 15) is 23.2 Å². The Balaban J connectivity index is 1.40. The van der Waals surface area contributed by atoms with E-state index in [1.807, 2.05) is 13.0 Å². The van der Waals surface area contributed by atoms with E-state index in [4.69, 9.17) is 4.74 Å². The molecule has 3 aliphatic rings. The molecule has 6 atom stereocenters. The molecule has 5 rings (SSSR count). The molecule has 2 aliphatic carbocycles. The number of halogens is 3. The number of allylic oxidation sites excluding steroid dienone is 1. The van der Waals surface area contributed by atoms with Crippen LogP contribution in [0, 0.1) is 29.6 Å². The lowest BCUT2D eigenvalue weighted by Gasteiger charge is -2.45. The van der Waals surface area contributed by atoms with E-state index < -0.39 is 11.7 Å². The first kappa shape index (κ1) is 23.6. The lowest BCUT2D eigenvalue weighted by atomic mass is 9.57. The van der Waals surface area contributed by atoms with Crippen molar-refractivity contribution in [2.45, 2.75) is 44.9 Å². The van der Waals surface area contributed by atoms with Crippen molar-refractivity contribution in [1.82, 2.24) is 4.98 Å². The van der Waals surface area contributed by atoms with Crippen LogP contribution in [0.2, 0.25) is 0 Å². The minimum atomic E-state index is -4.40. The summed E-state index contributed by atoms with van der Waals surface area (Å²) in [5.74, 6) is 0.0506. The number of benzene rings is 1. The van der Waals surface area contributed by atoms with E-state index in [0.717, 1.165) is 37.1 Å². The van der Waals surface area contributed by atoms with Gasteiger partial charge in [-0.3, -0.25) is 9.78 Å². The van der Waals surface area contributed by atoms with E-state index >= 15 is 0 Å². The van der Waals surface area contributed by atoms with Crippen molar-refractivity contribution in [2.24, 2.45) is 34.7 Å². The highest BCUT2D eigenvalue weighted by Crippen LogP contribution is 2.53. The van der Waals surface area contributed by atoms with Crippen LogP contribution in [0.25, 0.3) is 17.2 Å². The minimum absolute atomic E-state index is 0.0544. The maximum atomic E-state index is 13.1. The number of pyridine rings is 1. The van der Waals surface area contributed by atoms with Crippen LogP contribution >= 0.6 is 0 Å². The van der Waals surface area contributed by atoms with Gasteiger partial charge in [0.05, 0.1) is 22.9 Å². The molecule has 1 N–H and O–H groups in total. The van der Waals surface area contributed by atoms with Crippen LogP contribution in [-0.2, 0) is 15.7 Å². The molecule has 1 saturated heterocycles. The number of esters is 1. The first-order valence-corrected chi connectivity index (χ1v) is 12.0. The highest BCUT2D eigenvalue weighted by atomic mass is 19.4. The second-order valence-corrected chi connectivity index (χ2v) is 9.80. The van der Waals surface area contributed by atoms with Crippen molar-refractivity contribution in [3.05, 3.63) is 59.9 Å². The molecule has 1 aliphatic heterocycles. The largest absolute Gasteiger partial charge is 0.462 e. The number of carbonyl (C=O) groups is 1. The van der Waals surface area contributed by atoms with Crippen molar-refractivity contribution in [3.63, 3.8) is 0 Å². The third-order valence-electron chi connectivity index (χ3n) is 7.90. The zero-order chi connectivity index (χ0) is 24.7. The molecule has 5 nitrogen and oxygen atoms in total. The molecule has 1 aromatic carbocycles. The number of alkyl halides is 3. The van der Waals surface area contributed by atoms with Crippen LogP contribution in [0.4, 0.5) is 13.2 Å². The topological polar surface area (TPSA) is 71.8 Å². The van der Waals surface area contributed by atoms with E-state index in [0.29, 0.717) is 23.2 Å². The summed E-state index contributed by atoms with van der Waals surface area (Å²) in [6.07, 6.45) is 4.34. The molecule has 0 spiro atoms. The highest BCUT2D eigenvalue weighted by Gasteiger charge is 2.55. The summed E-state index contributed by atoms with van der Waals surface area (Å²) >= 11 is 0. The summed E-state index contributed by atoms with van der Waals surface area (Å²) < 4.78 is 44.8. The number of fused-ring (bicyclic) bond motifs is 2. The molecule has 2 saturated carbocycles. The lowest BCUT2D eigenvalue weighted by Crippen LogP contribution is -2.46. The van der Waals surface area contributed by atoms with Gasteiger partial charge in [-0.15, -0.1) is 0 Å². The van der Waals surface area contributed by atoms with Gasteiger partial charge in [-0.05, 0) is 74.3 Å². The quantitative estimate of drug-likeness (QED) is 0.319. The number of rotatable bonds is 3. The molecule has 2 heterocycles. The second kappa shape index (κ2) is 9.13. The van der Waals surface area contributed by atoms with Crippen LogP contribution in [0.15, 0.2) is 53.8 Å². The van der Waals surface area contributed by atoms with Gasteiger partial charge in [0.25, 0.3) is 0 Å². The predicted molar refractivity (Wildman–Crippen MR) is 124 cm³/mol. The Morgan fingerprint density at radius 1 is 1.17 bits per heavy atom. The third-order valence-corrected chi connectivity index (χ3v) is 7.90. The van der Waals surface area contributed by atoms with E-state index in [2.05, 4.69) is 16.2 Å². The van der Waals surface area contributed by atoms with Crippen LogP contribution in [-0.4, -0.2) is 28.0 Å². The van der Waals surface area contributed by atoms with Crippen LogP contribution in [0.5, 0.6) is 0 Å². The van der Waals surface area contributed by atoms with E-state index in [-0.39, 0.29) is 41.7 Å². The molecular formula is C27H27F3N2O3. The van der Waals surface area contributed by atoms with Gasteiger partial charge in [0.1, 0.15) is 6.10 Å². The Bertz CT molecular complexity index is 1160. The van der Waals surface area contributed by atoms with Crippen molar-refractivity contribution in [2.75, 3.05) is 0 Å². The monoisotopic (exact) mass is 484 g/mol. The number of hydrogen-bond donors (Lipinski definition) is 1. The van der Waals surface area contributed by atoms with Gasteiger partial charge in [-0.25, -0.2) is 0 Å². The maximum Gasteiger partial charge on any atom is 0.416 e. The fraction of sp³-hybridized carbons (Fsp3) is 0.444. The predicted octanol–water partition coefficient (Wildman–Crippen LogP) is 6.22. The molecule has 8 heteroatoms. The SMILES string of the molecule is C[C@H]1OC(=O)[C@@H]2C[C@@H]3/C(=N\O)CCC[C@H]3[C@H](/C=C/c3ccc(-c4cccc(C(F)(F)F)c4)cn3)[C@H]12. The zero-order valence-electron chi connectivity index (χ0n) is 19.3. The molecule has 184 valence electrons. The standard InChI is InChI=1S/C27H27F3N2O3/c1-15-25-21(20-6-3-7-24(32-34)22(20)13-23(25)26(33)35-15)11-10-19-9-8-17(14-31-19)16-4-2-5-18(12-16)27(28,29)30/h2,4-5,8-12,14-15,20-23,25,34H,3,6-7,13H2,1H3/b11-10+,32-24-/t15-,20+,21+,22+,23-,25+/m1/s1.